The normalized spacial score (nSPS) is 19.8. The number of nitrogens with zero attached hydrogens (tertiary/aromatic N) is 3. The fourth-order valence-corrected chi connectivity index (χ4v) is 2.81. The molecule has 112 valence electrons. The molecule has 1 aromatic carbocycles. The smallest absolute Gasteiger partial charge is 0.247 e. The number of aryl methyl sites for hydroxylation is 1. The number of benzene rings is 1. The maximum absolute atomic E-state index is 5.79. The van der Waals surface area contributed by atoms with Crippen LogP contribution in [0.4, 0.5) is 0 Å². The van der Waals surface area contributed by atoms with E-state index in [4.69, 9.17) is 10.2 Å². The van der Waals surface area contributed by atoms with E-state index in [2.05, 4.69) is 34.2 Å². The lowest BCUT2D eigenvalue weighted by Gasteiger charge is -2.30. The third kappa shape index (κ3) is 3.49. The largest absolute Gasteiger partial charge is 0.419 e. The fraction of sp³-hybridized carbons (Fsp3) is 0.500. The predicted molar refractivity (Wildman–Crippen MR) is 81.5 cm³/mol. The van der Waals surface area contributed by atoms with Gasteiger partial charge in [-0.25, -0.2) is 0 Å². The van der Waals surface area contributed by atoms with Crippen LogP contribution in [0.15, 0.2) is 28.7 Å². The molecule has 0 spiro atoms. The molecule has 3 rings (SSSR count). The molecule has 1 atom stereocenters. The van der Waals surface area contributed by atoms with Crippen LogP contribution < -0.4 is 5.73 Å². The van der Waals surface area contributed by atoms with E-state index in [9.17, 15) is 0 Å². The van der Waals surface area contributed by atoms with Gasteiger partial charge in [-0.3, -0.25) is 4.90 Å². The molecule has 2 heterocycles. The highest BCUT2D eigenvalue weighted by Crippen LogP contribution is 2.21. The molecular formula is C16H22N4O. The van der Waals surface area contributed by atoms with Crippen LogP contribution in [0, 0.1) is 12.8 Å². The summed E-state index contributed by atoms with van der Waals surface area (Å²) < 4.78 is 5.79. The zero-order valence-corrected chi connectivity index (χ0v) is 12.5. The molecule has 1 saturated heterocycles. The van der Waals surface area contributed by atoms with Gasteiger partial charge in [-0.1, -0.05) is 17.7 Å². The van der Waals surface area contributed by atoms with Crippen LogP contribution in [-0.4, -0.2) is 34.7 Å². The summed E-state index contributed by atoms with van der Waals surface area (Å²) in [5, 5.41) is 8.32. The maximum atomic E-state index is 5.79. The summed E-state index contributed by atoms with van der Waals surface area (Å²) in [5.41, 5.74) is 7.97. The molecule has 0 amide bonds. The van der Waals surface area contributed by atoms with Crippen LogP contribution in [0.5, 0.6) is 0 Å². The van der Waals surface area contributed by atoms with Crippen molar-refractivity contribution >= 4 is 0 Å². The van der Waals surface area contributed by atoms with Crippen molar-refractivity contribution < 1.29 is 4.42 Å². The SMILES string of the molecule is Cc1ccc(-c2nnc(CN3CCCC(CN)C3)o2)cc1. The van der Waals surface area contributed by atoms with E-state index in [-0.39, 0.29) is 0 Å². The number of piperidine rings is 1. The summed E-state index contributed by atoms with van der Waals surface area (Å²) in [5.74, 6) is 1.87. The van der Waals surface area contributed by atoms with E-state index < -0.39 is 0 Å². The molecule has 5 heteroatoms. The molecule has 1 aliphatic heterocycles. The third-order valence-electron chi connectivity index (χ3n) is 4.06. The first kappa shape index (κ1) is 14.2. The average molecular weight is 286 g/mol. The molecular weight excluding hydrogens is 264 g/mol. The summed E-state index contributed by atoms with van der Waals surface area (Å²) in [7, 11) is 0. The van der Waals surface area contributed by atoms with E-state index in [1.807, 2.05) is 12.1 Å². The Bertz CT molecular complexity index is 578. The second kappa shape index (κ2) is 6.37. The lowest BCUT2D eigenvalue weighted by molar-refractivity contribution is 0.158. The number of hydrogen-bond donors (Lipinski definition) is 1. The Labute approximate surface area is 125 Å². The van der Waals surface area contributed by atoms with Gasteiger partial charge in [0.1, 0.15) is 0 Å². The van der Waals surface area contributed by atoms with Crippen molar-refractivity contribution in [2.24, 2.45) is 11.7 Å². The van der Waals surface area contributed by atoms with E-state index in [1.54, 1.807) is 0 Å². The molecule has 0 aliphatic carbocycles. The second-order valence-corrected chi connectivity index (χ2v) is 5.85. The number of rotatable bonds is 4. The van der Waals surface area contributed by atoms with Gasteiger partial charge >= 0.3 is 0 Å². The quantitative estimate of drug-likeness (QED) is 0.933. The molecule has 2 aromatic rings. The van der Waals surface area contributed by atoms with E-state index in [0.29, 0.717) is 17.7 Å². The van der Waals surface area contributed by atoms with Gasteiger partial charge in [-0.05, 0) is 50.9 Å². The Balaban J connectivity index is 1.66. The molecule has 0 radical (unpaired) electrons. The van der Waals surface area contributed by atoms with Crippen LogP contribution in [0.25, 0.3) is 11.5 Å². The van der Waals surface area contributed by atoms with Gasteiger partial charge in [0.25, 0.3) is 0 Å². The van der Waals surface area contributed by atoms with Gasteiger partial charge in [-0.15, -0.1) is 10.2 Å². The molecule has 1 unspecified atom stereocenters. The van der Waals surface area contributed by atoms with Crippen LogP contribution in [-0.2, 0) is 6.54 Å². The Hall–Kier alpha value is -1.72. The van der Waals surface area contributed by atoms with Gasteiger partial charge in [0, 0.05) is 12.1 Å². The van der Waals surface area contributed by atoms with Crippen molar-refractivity contribution in [1.82, 2.24) is 15.1 Å². The standard InChI is InChI=1S/C16H22N4O/c1-12-4-6-14(7-5-12)16-19-18-15(21-16)11-20-8-2-3-13(9-17)10-20/h4-7,13H,2-3,8-11,17H2,1H3. The lowest BCUT2D eigenvalue weighted by Crippen LogP contribution is -2.37. The van der Waals surface area contributed by atoms with Gasteiger partial charge in [0.15, 0.2) is 0 Å². The van der Waals surface area contributed by atoms with Crippen LogP contribution in [0.1, 0.15) is 24.3 Å². The summed E-state index contributed by atoms with van der Waals surface area (Å²) in [4.78, 5) is 2.35. The van der Waals surface area contributed by atoms with Gasteiger partial charge in [0.05, 0.1) is 6.54 Å². The Morgan fingerprint density at radius 1 is 1.29 bits per heavy atom. The van der Waals surface area contributed by atoms with Crippen molar-refractivity contribution in [3.8, 4) is 11.5 Å². The Morgan fingerprint density at radius 3 is 2.86 bits per heavy atom. The Morgan fingerprint density at radius 2 is 2.10 bits per heavy atom. The Kier molecular flexibility index (Phi) is 4.31. The van der Waals surface area contributed by atoms with Crippen LogP contribution >= 0.6 is 0 Å². The first-order valence-electron chi connectivity index (χ1n) is 7.56. The molecule has 1 fully saturated rings. The monoisotopic (exact) mass is 286 g/mol. The topological polar surface area (TPSA) is 68.2 Å². The molecule has 0 bridgehead atoms. The minimum absolute atomic E-state index is 0.595. The van der Waals surface area contributed by atoms with Crippen molar-refractivity contribution in [2.45, 2.75) is 26.3 Å². The first-order chi connectivity index (χ1) is 10.2. The number of aromatic nitrogens is 2. The minimum Gasteiger partial charge on any atom is -0.419 e. The first-order valence-corrected chi connectivity index (χ1v) is 7.56. The highest BCUT2D eigenvalue weighted by Gasteiger charge is 2.20. The molecule has 21 heavy (non-hydrogen) atoms. The summed E-state index contributed by atoms with van der Waals surface area (Å²) in [6.45, 7) is 5.65. The average Bonchev–Trinajstić information content (AvgIpc) is 2.96. The lowest BCUT2D eigenvalue weighted by atomic mass is 9.98. The van der Waals surface area contributed by atoms with Crippen molar-refractivity contribution in [1.29, 1.82) is 0 Å². The summed E-state index contributed by atoms with van der Waals surface area (Å²) >= 11 is 0. The molecule has 2 N–H and O–H groups in total. The number of nitrogens with two attached hydrogens (primary N) is 1. The second-order valence-electron chi connectivity index (χ2n) is 5.85. The molecule has 0 saturated carbocycles. The van der Waals surface area contributed by atoms with Crippen molar-refractivity contribution in [3.05, 3.63) is 35.7 Å². The highest BCUT2D eigenvalue weighted by atomic mass is 16.4. The molecule has 5 nitrogen and oxygen atoms in total. The van der Waals surface area contributed by atoms with Gasteiger partial charge < -0.3 is 10.2 Å². The molecule has 1 aromatic heterocycles. The number of likely N-dealkylation sites (tertiary alicyclic amines) is 1. The molecule has 1 aliphatic rings. The van der Waals surface area contributed by atoms with Gasteiger partial charge in [-0.2, -0.15) is 0 Å². The summed E-state index contributed by atoms with van der Waals surface area (Å²) in [6, 6.07) is 8.13. The predicted octanol–water partition coefficient (Wildman–Crippen LogP) is 2.22. The van der Waals surface area contributed by atoms with Crippen molar-refractivity contribution in [3.63, 3.8) is 0 Å². The van der Waals surface area contributed by atoms with Crippen LogP contribution in [0.3, 0.4) is 0 Å². The van der Waals surface area contributed by atoms with E-state index >= 15 is 0 Å². The highest BCUT2D eigenvalue weighted by molar-refractivity contribution is 5.52. The fourth-order valence-electron chi connectivity index (χ4n) is 2.81. The van der Waals surface area contributed by atoms with E-state index in [0.717, 1.165) is 31.7 Å². The van der Waals surface area contributed by atoms with E-state index in [1.165, 1.54) is 18.4 Å². The maximum Gasteiger partial charge on any atom is 0.247 e. The third-order valence-corrected chi connectivity index (χ3v) is 4.06. The number of hydrogen-bond acceptors (Lipinski definition) is 5. The minimum atomic E-state index is 0.595. The zero-order valence-electron chi connectivity index (χ0n) is 12.5. The van der Waals surface area contributed by atoms with Crippen molar-refractivity contribution in [2.75, 3.05) is 19.6 Å². The van der Waals surface area contributed by atoms with Crippen LogP contribution in [0.2, 0.25) is 0 Å². The van der Waals surface area contributed by atoms with Gasteiger partial charge in [0.2, 0.25) is 11.8 Å². The summed E-state index contributed by atoms with van der Waals surface area (Å²) in [6.07, 6.45) is 2.42. The zero-order chi connectivity index (χ0) is 14.7.